The van der Waals surface area contributed by atoms with Gasteiger partial charge < -0.3 is 9.84 Å². The fourth-order valence-corrected chi connectivity index (χ4v) is 4.14. The summed E-state index contributed by atoms with van der Waals surface area (Å²) in [6.07, 6.45) is 6.41. The van der Waals surface area contributed by atoms with Crippen molar-refractivity contribution in [3.63, 3.8) is 0 Å². The van der Waals surface area contributed by atoms with Crippen molar-refractivity contribution in [1.29, 1.82) is 0 Å². The number of hydrogen-bond acceptors (Lipinski definition) is 4. The quantitative estimate of drug-likeness (QED) is 0.501. The lowest BCUT2D eigenvalue weighted by atomic mass is 9.90. The van der Waals surface area contributed by atoms with Gasteiger partial charge in [0.05, 0.1) is 7.11 Å². The number of halogens is 1. The molecule has 156 valence electrons. The molecule has 0 aliphatic carbocycles. The summed E-state index contributed by atoms with van der Waals surface area (Å²) in [5.41, 5.74) is 2.56. The van der Waals surface area contributed by atoms with E-state index in [0.29, 0.717) is 17.2 Å². The molecular weight excluding hydrogens is 384 g/mol. The molecule has 1 heterocycles. The Kier molecular flexibility index (Phi) is 7.20. The van der Waals surface area contributed by atoms with Crippen LogP contribution in [-0.2, 0) is 0 Å². The number of para-hydroxylation sites is 1. The largest absolute Gasteiger partial charge is 0.504 e. The Morgan fingerprint density at radius 2 is 1.93 bits per heavy atom. The van der Waals surface area contributed by atoms with E-state index in [2.05, 4.69) is 19.2 Å². The van der Waals surface area contributed by atoms with Crippen molar-refractivity contribution in [3.8, 4) is 11.5 Å². The van der Waals surface area contributed by atoms with Crippen molar-refractivity contribution in [2.24, 2.45) is 4.99 Å². The number of nitrogens with one attached hydrogen (secondary N) is 1. The monoisotopic (exact) mass is 414 g/mol. The smallest absolute Gasteiger partial charge is 0.162 e. The van der Waals surface area contributed by atoms with Gasteiger partial charge in [-0.2, -0.15) is 0 Å². The summed E-state index contributed by atoms with van der Waals surface area (Å²) in [6.45, 7) is 4.37. The van der Waals surface area contributed by atoms with Gasteiger partial charge in [-0.15, -0.1) is 0 Å². The lowest BCUT2D eigenvalue weighted by Gasteiger charge is -2.38. The summed E-state index contributed by atoms with van der Waals surface area (Å²) in [5.74, 6) is 0.683. The Morgan fingerprint density at radius 3 is 2.62 bits per heavy atom. The number of unbranched alkanes of at least 4 members (excludes halogenated alkanes) is 3. The first-order valence-electron chi connectivity index (χ1n) is 10.4. The number of methoxy groups -OCH3 is 1. The van der Waals surface area contributed by atoms with E-state index in [4.69, 9.17) is 21.3 Å². The number of rotatable bonds is 8. The zero-order valence-corrected chi connectivity index (χ0v) is 18.3. The molecule has 0 unspecified atom stereocenters. The number of phenolic OH excluding ortho intramolecular Hbond substituents is 1. The number of aliphatic imine (C=N–C) groups is 1. The minimum atomic E-state index is -0.388. The average molecular weight is 415 g/mol. The number of aromatic hydroxyl groups is 1. The maximum absolute atomic E-state index is 10.7. The van der Waals surface area contributed by atoms with Gasteiger partial charge >= 0.3 is 0 Å². The van der Waals surface area contributed by atoms with Crippen molar-refractivity contribution in [1.82, 2.24) is 5.32 Å². The van der Waals surface area contributed by atoms with E-state index in [1.165, 1.54) is 19.3 Å². The second-order valence-electron chi connectivity index (χ2n) is 7.95. The molecule has 0 saturated carbocycles. The van der Waals surface area contributed by atoms with Gasteiger partial charge in [0, 0.05) is 28.8 Å². The van der Waals surface area contributed by atoms with Crippen LogP contribution in [0.1, 0.15) is 69.5 Å². The highest BCUT2D eigenvalue weighted by Gasteiger charge is 2.34. The van der Waals surface area contributed by atoms with Crippen LogP contribution in [0.25, 0.3) is 0 Å². The molecule has 5 heteroatoms. The average Bonchev–Trinajstić information content (AvgIpc) is 2.71. The summed E-state index contributed by atoms with van der Waals surface area (Å²) in [4.78, 5) is 5.11. The van der Waals surface area contributed by atoms with Gasteiger partial charge in [0.25, 0.3) is 0 Å². The van der Waals surface area contributed by atoms with Crippen LogP contribution < -0.4 is 10.1 Å². The van der Waals surface area contributed by atoms with Gasteiger partial charge in [0.2, 0.25) is 0 Å². The molecule has 2 N–H and O–H groups in total. The number of ether oxygens (including phenoxy) is 1. The van der Waals surface area contributed by atoms with Crippen molar-refractivity contribution in [2.75, 3.05) is 7.11 Å². The van der Waals surface area contributed by atoms with Crippen LogP contribution in [0.15, 0.2) is 47.5 Å². The minimum absolute atomic E-state index is 0.0514. The molecule has 0 radical (unpaired) electrons. The minimum Gasteiger partial charge on any atom is -0.504 e. The summed E-state index contributed by atoms with van der Waals surface area (Å²) in [5, 5.41) is 15.1. The molecule has 2 aromatic rings. The van der Waals surface area contributed by atoms with Crippen molar-refractivity contribution in [2.45, 2.75) is 64.1 Å². The molecule has 0 aromatic heterocycles. The summed E-state index contributed by atoms with van der Waals surface area (Å²) in [6, 6.07) is 13.4. The van der Waals surface area contributed by atoms with Crippen LogP contribution in [0, 0.1) is 0 Å². The van der Waals surface area contributed by atoms with Crippen molar-refractivity contribution in [3.05, 3.63) is 58.6 Å². The highest BCUT2D eigenvalue weighted by Crippen LogP contribution is 2.39. The van der Waals surface area contributed by atoms with E-state index in [1.807, 2.05) is 36.4 Å². The Morgan fingerprint density at radius 1 is 1.17 bits per heavy atom. The van der Waals surface area contributed by atoms with Crippen molar-refractivity contribution >= 4 is 17.3 Å². The second kappa shape index (κ2) is 9.64. The molecule has 2 aromatic carbocycles. The Balaban J connectivity index is 1.93. The molecule has 0 bridgehead atoms. The predicted molar refractivity (Wildman–Crippen MR) is 120 cm³/mol. The molecule has 3 rings (SSSR count). The fraction of sp³-hybridized carbons (Fsp3) is 0.458. The van der Waals surface area contributed by atoms with E-state index in [0.717, 1.165) is 29.7 Å². The van der Waals surface area contributed by atoms with Crippen LogP contribution in [-0.4, -0.2) is 23.6 Å². The molecule has 1 aliphatic rings. The van der Waals surface area contributed by atoms with Gasteiger partial charge in [0.15, 0.2) is 11.5 Å². The van der Waals surface area contributed by atoms with Crippen LogP contribution in [0.5, 0.6) is 11.5 Å². The predicted octanol–water partition coefficient (Wildman–Crippen LogP) is 6.26. The van der Waals surface area contributed by atoms with Gasteiger partial charge in [-0.1, -0.05) is 62.1 Å². The van der Waals surface area contributed by atoms with Crippen LogP contribution in [0.4, 0.5) is 0 Å². The molecule has 0 amide bonds. The van der Waals surface area contributed by atoms with E-state index >= 15 is 0 Å². The van der Waals surface area contributed by atoms with Crippen LogP contribution in [0.3, 0.4) is 0 Å². The van der Waals surface area contributed by atoms with Crippen LogP contribution in [0.2, 0.25) is 5.02 Å². The first-order valence-corrected chi connectivity index (χ1v) is 10.8. The zero-order valence-electron chi connectivity index (χ0n) is 17.5. The Bertz CT molecular complexity index is 850. The highest BCUT2D eigenvalue weighted by atomic mass is 35.5. The van der Waals surface area contributed by atoms with E-state index < -0.39 is 0 Å². The van der Waals surface area contributed by atoms with E-state index in [9.17, 15) is 5.11 Å². The number of hydrogen-bond donors (Lipinski definition) is 2. The lowest BCUT2D eigenvalue weighted by molar-refractivity contribution is 0.275. The highest BCUT2D eigenvalue weighted by molar-refractivity contribution is 6.30. The number of nitrogens with zero attached hydrogens (tertiary/aromatic N) is 1. The third-order valence-electron chi connectivity index (χ3n) is 5.58. The lowest BCUT2D eigenvalue weighted by Crippen LogP contribution is -2.47. The van der Waals surface area contributed by atoms with Gasteiger partial charge in [0.1, 0.15) is 5.66 Å². The third-order valence-corrected chi connectivity index (χ3v) is 5.84. The SMILES string of the molecule is CCCCCC[C@@]1(C)N=C(c2ccc(Cl)cc2)C[C@H](c2cccc(OC)c2O)N1. The zero-order chi connectivity index (χ0) is 20.9. The standard InChI is InChI=1S/C24H31ClN2O2/c1-4-5-6-7-15-24(2)26-20(17-11-13-18(25)14-12-17)16-21(27-24)19-9-8-10-22(29-3)23(19)28/h8-14,21,27-28H,4-7,15-16H2,1-3H3/t21-,24+/m1/s1. The fourth-order valence-electron chi connectivity index (χ4n) is 4.02. The molecule has 2 atom stereocenters. The van der Waals surface area contributed by atoms with Crippen molar-refractivity contribution < 1.29 is 9.84 Å². The Hall–Kier alpha value is -2.04. The normalized spacial score (nSPS) is 21.7. The first-order chi connectivity index (χ1) is 14.0. The number of benzene rings is 2. The van der Waals surface area contributed by atoms with E-state index in [-0.39, 0.29) is 17.5 Å². The van der Waals surface area contributed by atoms with E-state index in [1.54, 1.807) is 13.2 Å². The summed E-state index contributed by atoms with van der Waals surface area (Å²) >= 11 is 6.08. The second-order valence-corrected chi connectivity index (χ2v) is 8.39. The maximum Gasteiger partial charge on any atom is 0.162 e. The molecule has 0 fully saturated rings. The number of phenols is 1. The maximum atomic E-state index is 10.7. The summed E-state index contributed by atoms with van der Waals surface area (Å²) in [7, 11) is 1.57. The molecular formula is C24H31ClN2O2. The topological polar surface area (TPSA) is 53.9 Å². The van der Waals surface area contributed by atoms with Gasteiger partial charge in [-0.25, -0.2) is 0 Å². The Labute approximate surface area is 179 Å². The van der Waals surface area contributed by atoms with Gasteiger partial charge in [-0.05, 0) is 43.5 Å². The molecule has 4 nitrogen and oxygen atoms in total. The molecule has 0 spiro atoms. The molecule has 29 heavy (non-hydrogen) atoms. The van der Waals surface area contributed by atoms with Gasteiger partial charge in [-0.3, -0.25) is 10.3 Å². The third kappa shape index (κ3) is 5.31. The molecule has 1 aliphatic heterocycles. The van der Waals surface area contributed by atoms with Crippen LogP contribution >= 0.6 is 11.6 Å². The first kappa shape index (κ1) is 21.7. The summed E-state index contributed by atoms with van der Waals surface area (Å²) < 4.78 is 5.32. The molecule has 0 saturated heterocycles.